The number of halogens is 1. The summed E-state index contributed by atoms with van der Waals surface area (Å²) in [6.45, 7) is 5.21. The summed E-state index contributed by atoms with van der Waals surface area (Å²) >= 11 is 5.76. The zero-order valence-corrected chi connectivity index (χ0v) is 12.9. The normalized spacial score (nSPS) is 16.7. The molecule has 1 aromatic heterocycles. The number of amides is 1. The van der Waals surface area contributed by atoms with Crippen molar-refractivity contribution >= 4 is 17.5 Å². The minimum Gasteiger partial charge on any atom is -0.342 e. The second-order valence-corrected chi connectivity index (χ2v) is 6.11. The molecule has 0 saturated carbocycles. The van der Waals surface area contributed by atoms with Crippen molar-refractivity contribution in [1.29, 1.82) is 0 Å². The Balaban J connectivity index is 1.80. The molecule has 0 N–H and O–H groups in total. The highest BCUT2D eigenvalue weighted by atomic mass is 35.5. The van der Waals surface area contributed by atoms with E-state index >= 15 is 0 Å². The number of nitrogens with zero attached hydrogens (tertiary/aromatic N) is 3. The monoisotopic (exact) mass is 295 g/mol. The average molecular weight is 296 g/mol. The van der Waals surface area contributed by atoms with E-state index in [0.717, 1.165) is 37.4 Å². The molecule has 20 heavy (non-hydrogen) atoms. The minimum absolute atomic E-state index is 0.223. The van der Waals surface area contributed by atoms with Crippen molar-refractivity contribution < 1.29 is 4.79 Å². The summed E-state index contributed by atoms with van der Waals surface area (Å²) in [5.74, 6) is 0.971. The van der Waals surface area contributed by atoms with Crippen molar-refractivity contribution in [2.24, 2.45) is 5.92 Å². The van der Waals surface area contributed by atoms with Gasteiger partial charge in [0, 0.05) is 25.8 Å². The van der Waals surface area contributed by atoms with Gasteiger partial charge in [-0.2, -0.15) is 0 Å². The lowest BCUT2D eigenvalue weighted by atomic mass is 9.99. The summed E-state index contributed by atoms with van der Waals surface area (Å²) in [6.07, 6.45) is 4.00. The summed E-state index contributed by atoms with van der Waals surface area (Å²) in [4.78, 5) is 20.3. The number of hydrogen-bond donors (Lipinski definition) is 0. The fourth-order valence-electron chi connectivity index (χ4n) is 2.46. The van der Waals surface area contributed by atoms with Crippen LogP contribution in [-0.2, 0) is 11.3 Å². The number of piperidine rings is 1. The van der Waals surface area contributed by atoms with Crippen molar-refractivity contribution in [2.75, 3.05) is 26.7 Å². The molecule has 1 amide bonds. The highest BCUT2D eigenvalue weighted by molar-refractivity contribution is 6.29. The lowest BCUT2D eigenvalue weighted by molar-refractivity contribution is -0.133. The Kier molecular flexibility index (Phi) is 5.38. The van der Waals surface area contributed by atoms with Crippen molar-refractivity contribution in [3.8, 4) is 0 Å². The van der Waals surface area contributed by atoms with Crippen LogP contribution in [0.15, 0.2) is 18.3 Å². The number of aromatic nitrogens is 1. The predicted octanol–water partition coefficient (Wildman–Crippen LogP) is 2.43. The smallest absolute Gasteiger partial charge is 0.236 e. The van der Waals surface area contributed by atoms with Gasteiger partial charge < -0.3 is 4.90 Å². The lowest BCUT2D eigenvalue weighted by Gasteiger charge is -2.31. The largest absolute Gasteiger partial charge is 0.342 e. The summed E-state index contributed by atoms with van der Waals surface area (Å²) in [5.41, 5.74) is 1.07. The van der Waals surface area contributed by atoms with Crippen LogP contribution in [0.5, 0.6) is 0 Å². The van der Waals surface area contributed by atoms with E-state index in [1.54, 1.807) is 12.3 Å². The van der Waals surface area contributed by atoms with E-state index in [0.29, 0.717) is 18.2 Å². The van der Waals surface area contributed by atoms with E-state index in [-0.39, 0.29) is 5.91 Å². The van der Waals surface area contributed by atoms with Gasteiger partial charge in [0.2, 0.25) is 5.91 Å². The van der Waals surface area contributed by atoms with Crippen LogP contribution in [0.4, 0.5) is 0 Å². The Labute approximate surface area is 125 Å². The third-order valence-electron chi connectivity index (χ3n) is 3.78. The predicted molar refractivity (Wildman–Crippen MR) is 80.6 cm³/mol. The van der Waals surface area contributed by atoms with Crippen LogP contribution in [0.25, 0.3) is 0 Å². The molecule has 0 aromatic carbocycles. The van der Waals surface area contributed by atoms with Gasteiger partial charge in [-0.3, -0.25) is 9.69 Å². The van der Waals surface area contributed by atoms with Gasteiger partial charge in [-0.15, -0.1) is 0 Å². The summed E-state index contributed by atoms with van der Waals surface area (Å²) < 4.78 is 0. The van der Waals surface area contributed by atoms with Gasteiger partial charge in [0.1, 0.15) is 5.15 Å². The highest BCUT2D eigenvalue weighted by Gasteiger charge is 2.20. The number of likely N-dealkylation sites (tertiary alicyclic amines) is 1. The van der Waals surface area contributed by atoms with Crippen molar-refractivity contribution in [2.45, 2.75) is 26.3 Å². The van der Waals surface area contributed by atoms with Crippen LogP contribution in [0.3, 0.4) is 0 Å². The first-order valence-corrected chi connectivity index (χ1v) is 7.49. The lowest BCUT2D eigenvalue weighted by Crippen LogP contribution is -2.42. The maximum absolute atomic E-state index is 12.2. The molecule has 0 unspecified atom stereocenters. The molecule has 0 aliphatic carbocycles. The molecule has 0 radical (unpaired) electrons. The Hall–Kier alpha value is -1.13. The maximum Gasteiger partial charge on any atom is 0.236 e. The van der Waals surface area contributed by atoms with Gasteiger partial charge in [-0.05, 0) is 37.4 Å². The molecule has 1 fully saturated rings. The van der Waals surface area contributed by atoms with Crippen LogP contribution in [0.2, 0.25) is 5.15 Å². The molecule has 0 bridgehead atoms. The first-order chi connectivity index (χ1) is 9.54. The molecule has 1 aliphatic heterocycles. The standard InChI is InChI=1S/C15H22ClN3O/c1-12-5-7-19(8-6-12)15(20)11-18(2)10-13-3-4-14(16)17-9-13/h3-4,9,12H,5-8,10-11H2,1-2H3. The fourth-order valence-corrected chi connectivity index (χ4v) is 2.57. The molecule has 110 valence electrons. The van der Waals surface area contributed by atoms with E-state index in [9.17, 15) is 4.79 Å². The second-order valence-electron chi connectivity index (χ2n) is 5.72. The van der Waals surface area contributed by atoms with E-state index < -0.39 is 0 Å². The number of carbonyl (C=O) groups is 1. The zero-order valence-electron chi connectivity index (χ0n) is 12.2. The summed E-state index contributed by atoms with van der Waals surface area (Å²) in [5, 5.41) is 0.495. The van der Waals surface area contributed by atoms with Gasteiger partial charge in [0.25, 0.3) is 0 Å². The SMILES string of the molecule is CC1CCN(C(=O)CN(C)Cc2ccc(Cl)nc2)CC1. The van der Waals surface area contributed by atoms with E-state index in [4.69, 9.17) is 11.6 Å². The molecule has 4 nitrogen and oxygen atoms in total. The zero-order chi connectivity index (χ0) is 14.5. The van der Waals surface area contributed by atoms with E-state index in [2.05, 4.69) is 11.9 Å². The van der Waals surface area contributed by atoms with Gasteiger partial charge in [0.15, 0.2) is 0 Å². The molecule has 1 aliphatic rings. The Morgan fingerprint density at radius 2 is 2.15 bits per heavy atom. The van der Waals surface area contributed by atoms with Crippen molar-refractivity contribution in [1.82, 2.24) is 14.8 Å². The third-order valence-corrected chi connectivity index (χ3v) is 4.01. The van der Waals surface area contributed by atoms with Crippen LogP contribution >= 0.6 is 11.6 Å². The number of carbonyl (C=O) groups excluding carboxylic acids is 1. The minimum atomic E-state index is 0.223. The quantitative estimate of drug-likeness (QED) is 0.801. The first-order valence-electron chi connectivity index (χ1n) is 7.11. The van der Waals surface area contributed by atoms with Gasteiger partial charge >= 0.3 is 0 Å². The topological polar surface area (TPSA) is 36.4 Å². The van der Waals surface area contributed by atoms with Crippen molar-refractivity contribution in [3.63, 3.8) is 0 Å². The molecule has 0 atom stereocenters. The van der Waals surface area contributed by atoms with Crippen LogP contribution in [-0.4, -0.2) is 47.4 Å². The van der Waals surface area contributed by atoms with Gasteiger partial charge in [-0.1, -0.05) is 24.6 Å². The van der Waals surface area contributed by atoms with Crippen LogP contribution in [0, 0.1) is 5.92 Å². The molecular weight excluding hydrogens is 274 g/mol. The molecule has 1 aromatic rings. The van der Waals surface area contributed by atoms with Gasteiger partial charge in [0.05, 0.1) is 6.54 Å². The fraction of sp³-hybridized carbons (Fsp3) is 0.600. The van der Waals surface area contributed by atoms with Gasteiger partial charge in [-0.25, -0.2) is 4.98 Å². The Bertz CT molecular complexity index is 441. The average Bonchev–Trinajstić information content (AvgIpc) is 2.42. The highest BCUT2D eigenvalue weighted by Crippen LogP contribution is 2.16. The molecular formula is C15H22ClN3O. The Morgan fingerprint density at radius 3 is 2.75 bits per heavy atom. The van der Waals surface area contributed by atoms with Crippen LogP contribution < -0.4 is 0 Å². The summed E-state index contributed by atoms with van der Waals surface area (Å²) in [6, 6.07) is 3.72. The number of hydrogen-bond acceptors (Lipinski definition) is 3. The Morgan fingerprint density at radius 1 is 1.45 bits per heavy atom. The molecule has 2 rings (SSSR count). The third kappa shape index (κ3) is 4.46. The number of likely N-dealkylation sites (N-methyl/N-ethyl adjacent to an activating group) is 1. The van der Waals surface area contributed by atoms with E-state index in [1.165, 1.54) is 0 Å². The molecule has 5 heteroatoms. The van der Waals surface area contributed by atoms with Crippen LogP contribution in [0.1, 0.15) is 25.3 Å². The number of pyridine rings is 1. The number of rotatable bonds is 4. The second kappa shape index (κ2) is 7.04. The summed E-state index contributed by atoms with van der Waals surface area (Å²) in [7, 11) is 1.96. The van der Waals surface area contributed by atoms with Crippen molar-refractivity contribution in [3.05, 3.63) is 29.0 Å². The molecule has 1 saturated heterocycles. The molecule has 0 spiro atoms. The maximum atomic E-state index is 12.2. The van der Waals surface area contributed by atoms with E-state index in [1.807, 2.05) is 22.9 Å². The molecule has 2 heterocycles. The first kappa shape index (κ1) is 15.3.